The van der Waals surface area contributed by atoms with Gasteiger partial charge in [-0.1, -0.05) is 11.6 Å². The number of carbonyl (C=O) groups is 1. The van der Waals surface area contributed by atoms with Crippen LogP contribution in [0.25, 0.3) is 0 Å². The molecular formula is C18H28Cl3N3OS. The Morgan fingerprint density at radius 1 is 1.23 bits per heavy atom. The van der Waals surface area contributed by atoms with Crippen LogP contribution in [-0.2, 0) is 4.79 Å². The quantitative estimate of drug-likeness (QED) is 0.709. The lowest BCUT2D eigenvalue weighted by atomic mass is 9.93. The number of hydrogen-bond donors (Lipinski definition) is 2. The van der Waals surface area contributed by atoms with Crippen molar-refractivity contribution in [1.29, 1.82) is 0 Å². The van der Waals surface area contributed by atoms with Crippen molar-refractivity contribution in [1.82, 2.24) is 5.32 Å². The first-order chi connectivity index (χ1) is 11.7. The van der Waals surface area contributed by atoms with Gasteiger partial charge in [-0.3, -0.25) is 4.79 Å². The summed E-state index contributed by atoms with van der Waals surface area (Å²) in [5.41, 5.74) is 1.94. The molecule has 8 heteroatoms. The first kappa shape index (κ1) is 23.7. The molecule has 0 aliphatic carbocycles. The predicted octanol–water partition coefficient (Wildman–Crippen LogP) is 4.46. The number of rotatable bonds is 5. The lowest BCUT2D eigenvalue weighted by Gasteiger charge is -2.30. The third-order valence-corrected chi connectivity index (χ3v) is 6.00. The van der Waals surface area contributed by atoms with Gasteiger partial charge in [-0.15, -0.1) is 24.8 Å². The molecule has 2 N–H and O–H groups in total. The summed E-state index contributed by atoms with van der Waals surface area (Å²) >= 11 is 8.14. The van der Waals surface area contributed by atoms with Crippen LogP contribution in [0.2, 0.25) is 5.02 Å². The number of amides is 1. The third-order valence-electron chi connectivity index (χ3n) is 4.82. The van der Waals surface area contributed by atoms with Gasteiger partial charge in [0, 0.05) is 36.0 Å². The Hall–Kier alpha value is -0.330. The Morgan fingerprint density at radius 3 is 2.62 bits per heavy atom. The van der Waals surface area contributed by atoms with Crippen LogP contribution in [0.5, 0.6) is 0 Å². The van der Waals surface area contributed by atoms with E-state index in [0.717, 1.165) is 55.5 Å². The summed E-state index contributed by atoms with van der Waals surface area (Å²) in [5, 5.41) is 7.14. The van der Waals surface area contributed by atoms with E-state index in [1.165, 1.54) is 12.8 Å². The molecule has 0 aromatic heterocycles. The first-order valence-electron chi connectivity index (χ1n) is 8.85. The molecule has 148 valence electrons. The molecule has 0 radical (unpaired) electrons. The topological polar surface area (TPSA) is 44.4 Å². The number of anilines is 2. The van der Waals surface area contributed by atoms with Crippen LogP contribution in [0, 0.1) is 5.92 Å². The Balaban J connectivity index is 0.00000169. The summed E-state index contributed by atoms with van der Waals surface area (Å²) in [4.78, 5) is 14.8. The number of benzene rings is 1. The maximum absolute atomic E-state index is 12.4. The van der Waals surface area contributed by atoms with Gasteiger partial charge in [-0.25, -0.2) is 0 Å². The second-order valence-electron chi connectivity index (χ2n) is 6.54. The average Bonchev–Trinajstić information content (AvgIpc) is 2.62. The number of halogens is 3. The van der Waals surface area contributed by atoms with E-state index >= 15 is 0 Å². The Bertz CT molecular complexity index is 565. The Morgan fingerprint density at radius 2 is 1.92 bits per heavy atom. The molecule has 1 aromatic rings. The zero-order valence-corrected chi connectivity index (χ0v) is 18.0. The molecule has 2 saturated heterocycles. The Kier molecular flexibility index (Phi) is 11.1. The third kappa shape index (κ3) is 7.01. The molecule has 0 atom stereocenters. The highest BCUT2D eigenvalue weighted by Crippen LogP contribution is 2.31. The van der Waals surface area contributed by atoms with Crippen molar-refractivity contribution in [2.24, 2.45) is 5.92 Å². The highest BCUT2D eigenvalue weighted by Gasteiger charge is 2.18. The molecule has 0 spiro atoms. The second kappa shape index (κ2) is 12.2. The van der Waals surface area contributed by atoms with Crippen molar-refractivity contribution in [3.05, 3.63) is 23.2 Å². The number of thioether (sulfide) groups is 1. The second-order valence-corrected chi connectivity index (χ2v) is 8.20. The summed E-state index contributed by atoms with van der Waals surface area (Å²) in [6.45, 7) is 4.20. The molecule has 26 heavy (non-hydrogen) atoms. The molecule has 2 fully saturated rings. The van der Waals surface area contributed by atoms with Crippen molar-refractivity contribution in [3.63, 3.8) is 0 Å². The number of nitrogens with zero attached hydrogens (tertiary/aromatic N) is 1. The molecule has 2 aliphatic heterocycles. The van der Waals surface area contributed by atoms with Crippen LogP contribution in [0.15, 0.2) is 18.2 Å². The molecule has 2 aliphatic rings. The molecule has 1 amide bonds. The monoisotopic (exact) mass is 439 g/mol. The molecule has 1 aromatic carbocycles. The van der Waals surface area contributed by atoms with E-state index in [-0.39, 0.29) is 30.7 Å². The average molecular weight is 441 g/mol. The van der Waals surface area contributed by atoms with E-state index in [1.54, 1.807) is 0 Å². The normalized spacial score (nSPS) is 17.8. The van der Waals surface area contributed by atoms with E-state index in [2.05, 4.69) is 15.5 Å². The fourth-order valence-electron chi connectivity index (χ4n) is 3.41. The van der Waals surface area contributed by atoms with Crippen LogP contribution < -0.4 is 15.5 Å². The van der Waals surface area contributed by atoms with Gasteiger partial charge in [-0.05, 0) is 56.5 Å². The highest BCUT2D eigenvalue weighted by atomic mass is 35.5. The maximum Gasteiger partial charge on any atom is 0.224 e. The van der Waals surface area contributed by atoms with Crippen molar-refractivity contribution < 1.29 is 4.79 Å². The van der Waals surface area contributed by atoms with Crippen LogP contribution in [0.4, 0.5) is 11.4 Å². The van der Waals surface area contributed by atoms with E-state index in [9.17, 15) is 4.79 Å². The molecular weight excluding hydrogens is 413 g/mol. The number of hydrogen-bond acceptors (Lipinski definition) is 4. The van der Waals surface area contributed by atoms with Gasteiger partial charge in [0.05, 0.1) is 11.4 Å². The molecule has 2 heterocycles. The summed E-state index contributed by atoms with van der Waals surface area (Å²) in [6.07, 6.45) is 3.93. The van der Waals surface area contributed by atoms with E-state index in [4.69, 9.17) is 11.6 Å². The fraction of sp³-hybridized carbons (Fsp3) is 0.611. The van der Waals surface area contributed by atoms with Crippen LogP contribution in [0.1, 0.15) is 25.7 Å². The number of nitrogens with one attached hydrogen (secondary N) is 2. The minimum atomic E-state index is 0. The van der Waals surface area contributed by atoms with Gasteiger partial charge in [0.25, 0.3) is 0 Å². The van der Waals surface area contributed by atoms with E-state index < -0.39 is 0 Å². The number of piperidine rings is 1. The van der Waals surface area contributed by atoms with Crippen molar-refractivity contribution >= 4 is 65.5 Å². The van der Waals surface area contributed by atoms with Gasteiger partial charge in [-0.2, -0.15) is 11.8 Å². The standard InChI is InChI=1S/C18H26ClN3OS.2ClH/c19-15-2-3-17(22-9-11-24-12-10-22)16(13-15)21-18(23)4-1-14-5-7-20-8-6-14;;/h2-3,13-14,20H,1,4-12H2,(H,21,23);2*1H. The molecule has 0 bridgehead atoms. The molecule has 4 nitrogen and oxygen atoms in total. The van der Waals surface area contributed by atoms with Crippen LogP contribution >= 0.6 is 48.2 Å². The molecule has 0 unspecified atom stereocenters. The van der Waals surface area contributed by atoms with E-state index in [1.807, 2.05) is 30.0 Å². The largest absolute Gasteiger partial charge is 0.368 e. The summed E-state index contributed by atoms with van der Waals surface area (Å²) in [6, 6.07) is 5.81. The molecule has 3 rings (SSSR count). The van der Waals surface area contributed by atoms with Crippen molar-refractivity contribution in [2.45, 2.75) is 25.7 Å². The maximum atomic E-state index is 12.4. The minimum absolute atomic E-state index is 0. The SMILES string of the molecule is Cl.Cl.O=C(CCC1CCNCC1)Nc1cc(Cl)ccc1N1CCSCC1. The Labute approximate surface area is 178 Å². The van der Waals surface area contributed by atoms with Gasteiger partial charge in [0.15, 0.2) is 0 Å². The zero-order chi connectivity index (χ0) is 16.8. The van der Waals surface area contributed by atoms with Crippen LogP contribution in [-0.4, -0.2) is 43.6 Å². The summed E-state index contributed by atoms with van der Waals surface area (Å²) < 4.78 is 0. The zero-order valence-electron chi connectivity index (χ0n) is 14.8. The van der Waals surface area contributed by atoms with Crippen molar-refractivity contribution in [3.8, 4) is 0 Å². The number of carbonyl (C=O) groups excluding carboxylic acids is 1. The first-order valence-corrected chi connectivity index (χ1v) is 10.4. The predicted molar refractivity (Wildman–Crippen MR) is 119 cm³/mol. The van der Waals surface area contributed by atoms with E-state index in [0.29, 0.717) is 17.4 Å². The minimum Gasteiger partial charge on any atom is -0.368 e. The van der Waals surface area contributed by atoms with Gasteiger partial charge >= 0.3 is 0 Å². The van der Waals surface area contributed by atoms with Crippen molar-refractivity contribution in [2.75, 3.05) is 47.9 Å². The summed E-state index contributed by atoms with van der Waals surface area (Å²) in [7, 11) is 0. The van der Waals surface area contributed by atoms with Gasteiger partial charge < -0.3 is 15.5 Å². The lowest BCUT2D eigenvalue weighted by Crippen LogP contribution is -2.33. The lowest BCUT2D eigenvalue weighted by molar-refractivity contribution is -0.116. The summed E-state index contributed by atoms with van der Waals surface area (Å²) in [5.74, 6) is 3.04. The van der Waals surface area contributed by atoms with Gasteiger partial charge in [0.1, 0.15) is 0 Å². The van der Waals surface area contributed by atoms with Gasteiger partial charge in [0.2, 0.25) is 5.91 Å². The van der Waals surface area contributed by atoms with Crippen LogP contribution in [0.3, 0.4) is 0 Å². The fourth-order valence-corrected chi connectivity index (χ4v) is 4.48. The smallest absolute Gasteiger partial charge is 0.224 e. The highest BCUT2D eigenvalue weighted by molar-refractivity contribution is 7.99. The molecule has 0 saturated carbocycles.